The standard InChI is InChI=1S/C21H22ClN3S.HI/c1-26-20-24-19(23-17-10-4-2-5-11-17)21(13-6-3-7-14-21)25(20)18-12-8-9-16(22)15-18;/h2,4-5,8-12,15H,3,6-7,13-14H2,1H3;1H. The molecule has 0 aromatic heterocycles. The Balaban J connectivity index is 0.00000210. The van der Waals surface area contributed by atoms with Crippen LogP contribution in [-0.2, 0) is 0 Å². The fourth-order valence-corrected chi connectivity index (χ4v) is 4.80. The molecule has 0 radical (unpaired) electrons. The van der Waals surface area contributed by atoms with E-state index in [9.17, 15) is 0 Å². The lowest BCUT2D eigenvalue weighted by Crippen LogP contribution is -2.52. The van der Waals surface area contributed by atoms with Gasteiger partial charge in [-0.15, -0.1) is 24.0 Å². The normalized spacial score (nSPS) is 19.9. The molecular weight excluding hydrogens is 489 g/mol. The van der Waals surface area contributed by atoms with Gasteiger partial charge in [-0.3, -0.25) is 0 Å². The summed E-state index contributed by atoms with van der Waals surface area (Å²) in [5, 5.41) is 1.76. The lowest BCUT2D eigenvalue weighted by molar-refractivity contribution is 0.385. The van der Waals surface area contributed by atoms with E-state index < -0.39 is 0 Å². The minimum absolute atomic E-state index is 0. The van der Waals surface area contributed by atoms with Gasteiger partial charge in [0.2, 0.25) is 0 Å². The molecule has 142 valence electrons. The number of hydrogen-bond donors (Lipinski definition) is 0. The number of hydrogen-bond acceptors (Lipinski definition) is 3. The van der Waals surface area contributed by atoms with Crippen molar-refractivity contribution in [3.05, 3.63) is 59.6 Å². The highest BCUT2D eigenvalue weighted by Gasteiger charge is 2.49. The van der Waals surface area contributed by atoms with Crippen molar-refractivity contribution in [1.29, 1.82) is 0 Å². The number of rotatable bonds is 2. The van der Waals surface area contributed by atoms with E-state index in [0.29, 0.717) is 0 Å². The molecule has 1 aliphatic carbocycles. The fourth-order valence-electron chi connectivity index (χ4n) is 3.98. The first kappa shape index (κ1) is 20.7. The Labute approximate surface area is 187 Å². The predicted molar refractivity (Wildman–Crippen MR) is 130 cm³/mol. The number of halogens is 2. The second-order valence-corrected chi connectivity index (χ2v) is 7.99. The van der Waals surface area contributed by atoms with Crippen LogP contribution in [0.4, 0.5) is 11.4 Å². The molecular formula is C21H23ClIN3S. The number of benzene rings is 2. The van der Waals surface area contributed by atoms with E-state index in [4.69, 9.17) is 21.6 Å². The minimum atomic E-state index is -0.170. The maximum absolute atomic E-state index is 6.30. The largest absolute Gasteiger partial charge is 0.307 e. The third-order valence-corrected chi connectivity index (χ3v) is 6.03. The average molecular weight is 512 g/mol. The summed E-state index contributed by atoms with van der Waals surface area (Å²) in [6.07, 6.45) is 7.89. The number of nitrogens with zero attached hydrogens (tertiary/aromatic N) is 3. The molecule has 2 aromatic carbocycles. The topological polar surface area (TPSA) is 28.0 Å². The van der Waals surface area contributed by atoms with E-state index >= 15 is 0 Å². The molecule has 4 rings (SSSR count). The maximum atomic E-state index is 6.30. The van der Waals surface area contributed by atoms with Crippen molar-refractivity contribution >= 4 is 69.7 Å². The van der Waals surface area contributed by atoms with Crippen LogP contribution in [0.2, 0.25) is 5.02 Å². The van der Waals surface area contributed by atoms with Gasteiger partial charge in [0.25, 0.3) is 0 Å². The van der Waals surface area contributed by atoms with Crippen LogP contribution < -0.4 is 4.90 Å². The van der Waals surface area contributed by atoms with Gasteiger partial charge >= 0.3 is 0 Å². The van der Waals surface area contributed by atoms with Crippen molar-refractivity contribution in [2.24, 2.45) is 9.98 Å². The van der Waals surface area contributed by atoms with E-state index in [-0.39, 0.29) is 29.5 Å². The Morgan fingerprint density at radius 2 is 1.78 bits per heavy atom. The van der Waals surface area contributed by atoms with E-state index in [1.807, 2.05) is 48.5 Å². The Hall–Kier alpha value is -1.05. The number of amidine groups is 2. The molecule has 0 N–H and O–H groups in total. The van der Waals surface area contributed by atoms with Gasteiger partial charge in [-0.1, -0.05) is 66.9 Å². The molecule has 1 fully saturated rings. The van der Waals surface area contributed by atoms with E-state index in [1.54, 1.807) is 11.8 Å². The molecule has 1 spiro atoms. The van der Waals surface area contributed by atoms with E-state index in [0.717, 1.165) is 40.2 Å². The van der Waals surface area contributed by atoms with Crippen molar-refractivity contribution in [3.8, 4) is 0 Å². The molecule has 1 heterocycles. The summed E-state index contributed by atoms with van der Waals surface area (Å²) in [7, 11) is 0. The van der Waals surface area contributed by atoms with Gasteiger partial charge in [0.1, 0.15) is 5.54 Å². The van der Waals surface area contributed by atoms with Crippen molar-refractivity contribution in [2.45, 2.75) is 37.6 Å². The zero-order chi connectivity index (χ0) is 18.0. The summed E-state index contributed by atoms with van der Waals surface area (Å²) in [5.74, 6) is 0.938. The molecule has 0 saturated heterocycles. The van der Waals surface area contributed by atoms with Crippen LogP contribution >= 0.6 is 47.3 Å². The Morgan fingerprint density at radius 3 is 2.44 bits per heavy atom. The summed E-state index contributed by atoms with van der Waals surface area (Å²) in [6, 6.07) is 18.2. The van der Waals surface area contributed by atoms with Crippen LogP contribution in [0.25, 0.3) is 0 Å². The highest BCUT2D eigenvalue weighted by atomic mass is 127. The van der Waals surface area contributed by atoms with E-state index in [2.05, 4.69) is 17.2 Å². The van der Waals surface area contributed by atoms with Gasteiger partial charge < -0.3 is 4.90 Å². The molecule has 0 atom stereocenters. The van der Waals surface area contributed by atoms with Crippen LogP contribution in [-0.4, -0.2) is 22.8 Å². The summed E-state index contributed by atoms with van der Waals surface area (Å²) in [4.78, 5) is 12.3. The number of para-hydroxylation sites is 1. The molecule has 0 bridgehead atoms. The van der Waals surface area contributed by atoms with Crippen LogP contribution in [0.3, 0.4) is 0 Å². The zero-order valence-electron chi connectivity index (χ0n) is 15.3. The molecule has 6 heteroatoms. The van der Waals surface area contributed by atoms with Crippen molar-refractivity contribution in [3.63, 3.8) is 0 Å². The number of thioether (sulfide) groups is 1. The fraction of sp³-hybridized carbons (Fsp3) is 0.333. The van der Waals surface area contributed by atoms with Gasteiger partial charge in [-0.25, -0.2) is 9.98 Å². The first-order valence-electron chi connectivity index (χ1n) is 9.06. The third kappa shape index (κ3) is 4.05. The smallest absolute Gasteiger partial charge is 0.170 e. The van der Waals surface area contributed by atoms with Gasteiger partial charge in [0.15, 0.2) is 11.0 Å². The molecule has 0 amide bonds. The number of aliphatic imine (C=N–C) groups is 2. The Morgan fingerprint density at radius 1 is 1.04 bits per heavy atom. The monoisotopic (exact) mass is 511 g/mol. The lowest BCUT2D eigenvalue weighted by atomic mass is 9.79. The van der Waals surface area contributed by atoms with Crippen molar-refractivity contribution < 1.29 is 0 Å². The SMILES string of the molecule is CSC1=NC(=Nc2ccccc2)C2(CCCCC2)N1c1cccc(Cl)c1.I. The van der Waals surface area contributed by atoms with Crippen molar-refractivity contribution in [2.75, 3.05) is 11.2 Å². The molecule has 2 aromatic rings. The average Bonchev–Trinajstić information content (AvgIpc) is 2.96. The van der Waals surface area contributed by atoms with Gasteiger partial charge in [-0.2, -0.15) is 0 Å². The minimum Gasteiger partial charge on any atom is -0.307 e. The molecule has 27 heavy (non-hydrogen) atoms. The maximum Gasteiger partial charge on any atom is 0.170 e. The Kier molecular flexibility index (Phi) is 6.87. The first-order chi connectivity index (χ1) is 12.7. The summed E-state index contributed by atoms with van der Waals surface area (Å²) < 4.78 is 0. The second-order valence-electron chi connectivity index (χ2n) is 6.78. The highest BCUT2D eigenvalue weighted by Crippen LogP contribution is 2.44. The zero-order valence-corrected chi connectivity index (χ0v) is 19.2. The molecule has 1 aliphatic heterocycles. The van der Waals surface area contributed by atoms with Crippen molar-refractivity contribution in [1.82, 2.24) is 0 Å². The van der Waals surface area contributed by atoms with Gasteiger partial charge in [-0.05, 0) is 49.4 Å². The van der Waals surface area contributed by atoms with Crippen LogP contribution in [0.15, 0.2) is 64.6 Å². The molecule has 3 nitrogen and oxygen atoms in total. The summed E-state index contributed by atoms with van der Waals surface area (Å²) in [5.41, 5.74) is 1.90. The lowest BCUT2D eigenvalue weighted by Gasteiger charge is -2.42. The summed E-state index contributed by atoms with van der Waals surface area (Å²) in [6.45, 7) is 0. The molecule has 0 unspecified atom stereocenters. The molecule has 1 saturated carbocycles. The molecule has 2 aliphatic rings. The van der Waals surface area contributed by atoms with Crippen LogP contribution in [0.5, 0.6) is 0 Å². The Bertz CT molecular complexity index is 848. The summed E-state index contributed by atoms with van der Waals surface area (Å²) >= 11 is 7.98. The third-order valence-electron chi connectivity index (χ3n) is 5.16. The highest BCUT2D eigenvalue weighted by molar-refractivity contribution is 14.0. The second kappa shape index (κ2) is 8.97. The van der Waals surface area contributed by atoms with Crippen LogP contribution in [0.1, 0.15) is 32.1 Å². The van der Waals surface area contributed by atoms with E-state index in [1.165, 1.54) is 19.3 Å². The van der Waals surface area contributed by atoms with Crippen LogP contribution in [0, 0.1) is 0 Å². The quantitative estimate of drug-likeness (QED) is 0.409. The number of anilines is 1. The van der Waals surface area contributed by atoms with Gasteiger partial charge in [0, 0.05) is 10.7 Å². The first-order valence-corrected chi connectivity index (χ1v) is 10.7. The predicted octanol–water partition coefficient (Wildman–Crippen LogP) is 6.93. The van der Waals surface area contributed by atoms with Gasteiger partial charge in [0.05, 0.1) is 5.69 Å².